The van der Waals surface area contributed by atoms with E-state index in [-0.39, 0.29) is 6.61 Å². The van der Waals surface area contributed by atoms with Crippen molar-refractivity contribution in [3.05, 3.63) is 28.4 Å². The van der Waals surface area contributed by atoms with E-state index in [1.807, 2.05) is 0 Å². The fourth-order valence-electron chi connectivity index (χ4n) is 1.88. The van der Waals surface area contributed by atoms with Gasteiger partial charge in [0.2, 0.25) is 0 Å². The summed E-state index contributed by atoms with van der Waals surface area (Å²) in [6.45, 7) is 0.283. The first-order valence-electron chi connectivity index (χ1n) is 5.67. The number of nitrogens with zero attached hydrogens (tertiary/aromatic N) is 1. The molecule has 0 radical (unpaired) electrons. The molecule has 2 heteroatoms. The molecule has 1 aromatic rings. The highest BCUT2D eigenvalue weighted by molar-refractivity contribution is 5.35. The molecule has 1 heterocycles. The molecular weight excluding hydrogens is 186 g/mol. The Labute approximate surface area is 90.0 Å². The largest absolute Gasteiger partial charge is 0.396 e. The summed E-state index contributed by atoms with van der Waals surface area (Å²) in [5, 5.41) is 11.1. The number of pyridine rings is 1. The number of aliphatic hydroxyl groups excluding tert-OH is 1. The van der Waals surface area contributed by atoms with Crippen molar-refractivity contribution < 1.29 is 5.11 Å². The third kappa shape index (κ3) is 2.66. The summed E-state index contributed by atoms with van der Waals surface area (Å²) in [4.78, 5) is 4.62. The SMILES string of the molecule is OCCCCc1ccc2c(n1)=CCCC=2. The van der Waals surface area contributed by atoms with E-state index in [0.29, 0.717) is 0 Å². The number of fused-ring (bicyclic) bond motifs is 1. The lowest BCUT2D eigenvalue weighted by atomic mass is 10.1. The van der Waals surface area contributed by atoms with Crippen LogP contribution >= 0.6 is 0 Å². The maximum atomic E-state index is 8.70. The summed E-state index contributed by atoms with van der Waals surface area (Å²) in [5.74, 6) is 0. The molecule has 0 bridgehead atoms. The van der Waals surface area contributed by atoms with Crippen LogP contribution in [0.5, 0.6) is 0 Å². The molecule has 80 valence electrons. The number of aliphatic hydroxyl groups is 1. The van der Waals surface area contributed by atoms with Gasteiger partial charge in [0.1, 0.15) is 0 Å². The Bertz CT molecular complexity index is 436. The highest BCUT2D eigenvalue weighted by Gasteiger charge is 1.98. The lowest BCUT2D eigenvalue weighted by Gasteiger charge is -2.03. The van der Waals surface area contributed by atoms with Crippen LogP contribution in [0.3, 0.4) is 0 Å². The normalized spacial score (nSPS) is 13.9. The highest BCUT2D eigenvalue weighted by Crippen LogP contribution is 1.99. The maximum Gasteiger partial charge on any atom is 0.0662 e. The van der Waals surface area contributed by atoms with E-state index in [4.69, 9.17) is 5.11 Å². The maximum absolute atomic E-state index is 8.70. The number of hydrogen-bond donors (Lipinski definition) is 1. The Morgan fingerprint density at radius 1 is 1.13 bits per heavy atom. The van der Waals surface area contributed by atoms with Crippen molar-refractivity contribution in [3.8, 4) is 0 Å². The third-order valence-electron chi connectivity index (χ3n) is 2.72. The zero-order valence-corrected chi connectivity index (χ0v) is 8.95. The molecule has 1 aliphatic carbocycles. The van der Waals surface area contributed by atoms with Gasteiger partial charge in [-0.3, -0.25) is 4.98 Å². The van der Waals surface area contributed by atoms with E-state index < -0.39 is 0 Å². The van der Waals surface area contributed by atoms with Crippen LogP contribution in [0.25, 0.3) is 12.2 Å². The topological polar surface area (TPSA) is 33.1 Å². The van der Waals surface area contributed by atoms with Gasteiger partial charge >= 0.3 is 0 Å². The minimum absolute atomic E-state index is 0.283. The number of unbranched alkanes of at least 4 members (excludes halogenated alkanes) is 1. The molecule has 0 aliphatic heterocycles. The van der Waals surface area contributed by atoms with Crippen LogP contribution in [0.15, 0.2) is 12.1 Å². The Morgan fingerprint density at radius 2 is 2.00 bits per heavy atom. The molecule has 2 nitrogen and oxygen atoms in total. The first-order chi connectivity index (χ1) is 7.40. The van der Waals surface area contributed by atoms with Gasteiger partial charge in [0.15, 0.2) is 0 Å². The summed E-state index contributed by atoms with van der Waals surface area (Å²) in [5.41, 5.74) is 1.15. The summed E-state index contributed by atoms with van der Waals surface area (Å²) in [7, 11) is 0. The Morgan fingerprint density at radius 3 is 2.87 bits per heavy atom. The molecule has 0 fully saturated rings. The van der Waals surface area contributed by atoms with Crippen molar-refractivity contribution in [2.45, 2.75) is 32.1 Å². The summed E-state index contributed by atoms with van der Waals surface area (Å²) < 4.78 is 0. The number of rotatable bonds is 4. The van der Waals surface area contributed by atoms with Crippen LogP contribution in [0.4, 0.5) is 0 Å². The average Bonchev–Trinajstić information content (AvgIpc) is 2.29. The second-order valence-corrected chi connectivity index (χ2v) is 3.94. The van der Waals surface area contributed by atoms with Crippen molar-refractivity contribution in [2.75, 3.05) is 6.61 Å². The molecule has 0 unspecified atom stereocenters. The standard InChI is InChI=1S/C13H17NO/c15-10-4-3-6-12-9-8-11-5-1-2-7-13(11)14-12/h5,7-9,15H,1-4,6,10H2. The molecule has 1 aliphatic rings. The number of aryl methyl sites for hydroxylation is 1. The fraction of sp³-hybridized carbons (Fsp3) is 0.462. The molecular formula is C13H17NO. The lowest BCUT2D eigenvalue weighted by molar-refractivity contribution is 0.284. The minimum Gasteiger partial charge on any atom is -0.396 e. The van der Waals surface area contributed by atoms with E-state index in [1.54, 1.807) is 0 Å². The Kier molecular flexibility index (Phi) is 3.51. The zero-order chi connectivity index (χ0) is 10.5. The van der Waals surface area contributed by atoms with Gasteiger partial charge in [-0.25, -0.2) is 0 Å². The summed E-state index contributed by atoms with van der Waals surface area (Å²) >= 11 is 0. The molecule has 1 aromatic heterocycles. The van der Waals surface area contributed by atoms with E-state index >= 15 is 0 Å². The minimum atomic E-state index is 0.283. The van der Waals surface area contributed by atoms with Crippen LogP contribution in [0, 0.1) is 0 Å². The van der Waals surface area contributed by atoms with Crippen molar-refractivity contribution >= 4 is 12.2 Å². The zero-order valence-electron chi connectivity index (χ0n) is 8.95. The molecule has 0 saturated carbocycles. The molecule has 0 aromatic carbocycles. The fourth-order valence-corrected chi connectivity index (χ4v) is 1.88. The van der Waals surface area contributed by atoms with Gasteiger partial charge in [-0.1, -0.05) is 18.2 Å². The van der Waals surface area contributed by atoms with Crippen molar-refractivity contribution in [2.24, 2.45) is 0 Å². The second-order valence-electron chi connectivity index (χ2n) is 3.94. The second kappa shape index (κ2) is 5.08. The van der Waals surface area contributed by atoms with Gasteiger partial charge in [-0.15, -0.1) is 0 Å². The molecule has 0 saturated heterocycles. The van der Waals surface area contributed by atoms with Crippen LogP contribution < -0.4 is 10.6 Å². The molecule has 15 heavy (non-hydrogen) atoms. The van der Waals surface area contributed by atoms with E-state index in [9.17, 15) is 0 Å². The predicted molar refractivity (Wildman–Crippen MR) is 61.7 cm³/mol. The molecule has 1 N–H and O–H groups in total. The molecule has 0 spiro atoms. The predicted octanol–water partition coefficient (Wildman–Crippen LogP) is 0.751. The van der Waals surface area contributed by atoms with E-state index in [2.05, 4.69) is 29.3 Å². The molecule has 0 atom stereocenters. The number of hydrogen-bond acceptors (Lipinski definition) is 2. The quantitative estimate of drug-likeness (QED) is 0.733. The van der Waals surface area contributed by atoms with Crippen molar-refractivity contribution in [1.82, 2.24) is 4.98 Å². The van der Waals surface area contributed by atoms with Gasteiger partial charge < -0.3 is 5.11 Å². The monoisotopic (exact) mass is 203 g/mol. The van der Waals surface area contributed by atoms with Crippen LogP contribution in [-0.4, -0.2) is 16.7 Å². The number of aromatic nitrogens is 1. The van der Waals surface area contributed by atoms with Crippen LogP contribution in [0.1, 0.15) is 31.4 Å². The summed E-state index contributed by atoms with van der Waals surface area (Å²) in [6, 6.07) is 4.26. The molecule has 0 amide bonds. The third-order valence-corrected chi connectivity index (χ3v) is 2.72. The van der Waals surface area contributed by atoms with Crippen LogP contribution in [0.2, 0.25) is 0 Å². The first kappa shape index (κ1) is 10.4. The highest BCUT2D eigenvalue weighted by atomic mass is 16.2. The average molecular weight is 203 g/mol. The van der Waals surface area contributed by atoms with E-state index in [0.717, 1.165) is 43.1 Å². The van der Waals surface area contributed by atoms with E-state index in [1.165, 1.54) is 5.22 Å². The van der Waals surface area contributed by atoms with Gasteiger partial charge in [0, 0.05) is 12.3 Å². The Hall–Kier alpha value is -1.15. The van der Waals surface area contributed by atoms with Gasteiger partial charge in [-0.2, -0.15) is 0 Å². The van der Waals surface area contributed by atoms with Crippen molar-refractivity contribution in [3.63, 3.8) is 0 Å². The van der Waals surface area contributed by atoms with Gasteiger partial charge in [0.25, 0.3) is 0 Å². The first-order valence-corrected chi connectivity index (χ1v) is 5.67. The Balaban J connectivity index is 2.15. The van der Waals surface area contributed by atoms with Crippen molar-refractivity contribution in [1.29, 1.82) is 0 Å². The lowest BCUT2D eigenvalue weighted by Crippen LogP contribution is -2.30. The van der Waals surface area contributed by atoms with Gasteiger partial charge in [0.05, 0.1) is 5.35 Å². The summed E-state index contributed by atoms with van der Waals surface area (Å²) in [6.07, 6.45) is 9.58. The smallest absolute Gasteiger partial charge is 0.0662 e. The van der Waals surface area contributed by atoms with Gasteiger partial charge in [-0.05, 0) is 43.4 Å². The molecule has 2 rings (SSSR count). The van der Waals surface area contributed by atoms with Crippen LogP contribution in [-0.2, 0) is 6.42 Å².